The summed E-state index contributed by atoms with van der Waals surface area (Å²) in [6.45, 7) is 19.9. The van der Waals surface area contributed by atoms with Crippen molar-refractivity contribution in [1.82, 2.24) is 14.7 Å². The van der Waals surface area contributed by atoms with Crippen LogP contribution < -0.4 is 0 Å². The van der Waals surface area contributed by atoms with E-state index < -0.39 is 24.4 Å². The van der Waals surface area contributed by atoms with Crippen LogP contribution in [0.5, 0.6) is 0 Å². The number of ketones is 2. The second-order valence-corrected chi connectivity index (χ2v) is 32.7. The Bertz CT molecular complexity index is 3180. The molecule has 3 heterocycles. The van der Waals surface area contributed by atoms with Crippen molar-refractivity contribution in [2.24, 2.45) is 17.8 Å². The zero-order chi connectivity index (χ0) is 79.4. The van der Waals surface area contributed by atoms with Gasteiger partial charge in [-0.3, -0.25) is 38.7 Å². The number of esters is 3. The molecule has 0 aromatic heterocycles. The molecule has 3 saturated heterocycles. The Kier molecular flexibility index (Phi) is 45.5. The quantitative estimate of drug-likeness (QED) is 0.0103. The van der Waals surface area contributed by atoms with Crippen molar-refractivity contribution in [3.8, 4) is 0 Å². The van der Waals surface area contributed by atoms with Gasteiger partial charge in [-0.2, -0.15) is 0 Å². The molecule has 0 spiro atoms. The van der Waals surface area contributed by atoms with Crippen LogP contribution in [0.25, 0.3) is 0 Å². The monoisotopic (exact) mass is 1600 g/mol. The number of aliphatic hydroxyl groups is 4. The highest BCUT2D eigenvalue weighted by Gasteiger charge is 2.44. The number of carbonyl (C=O) groups is 5. The average molecular weight is 1600 g/mol. The number of allylic oxidation sites excluding steroid dienone is 6. The molecule has 3 saturated carbocycles. The number of hydrogen-bond donors (Lipinski definition) is 4. The van der Waals surface area contributed by atoms with Gasteiger partial charge in [0.1, 0.15) is 25.6 Å². The number of hydrogen-bond acceptors (Lipinski definition) is 18. The van der Waals surface area contributed by atoms with Crippen molar-refractivity contribution in [1.29, 1.82) is 0 Å². The molecule has 0 amide bonds. The lowest BCUT2D eigenvalue weighted by molar-refractivity contribution is -0.145. The molecule has 9 rings (SSSR count). The van der Waals surface area contributed by atoms with E-state index in [1.165, 1.54) is 0 Å². The lowest BCUT2D eigenvalue weighted by atomic mass is 9.84. The first-order valence-corrected chi connectivity index (χ1v) is 43.6. The molecule has 0 bridgehead atoms. The van der Waals surface area contributed by atoms with Gasteiger partial charge in [-0.15, -0.1) is 34.8 Å². The van der Waals surface area contributed by atoms with Crippen molar-refractivity contribution in [3.05, 3.63) is 143 Å². The molecule has 18 nitrogen and oxygen atoms in total. The highest BCUT2D eigenvalue weighted by Crippen LogP contribution is 2.47. The maximum absolute atomic E-state index is 12.8. The van der Waals surface area contributed by atoms with E-state index in [1.54, 1.807) is 0 Å². The zero-order valence-electron chi connectivity index (χ0n) is 67.0. The van der Waals surface area contributed by atoms with Gasteiger partial charge in [-0.25, -0.2) is 0 Å². The smallest absolute Gasteiger partial charge is 0.305 e. The third-order valence-corrected chi connectivity index (χ3v) is 24.2. The number of nitrogens with zero attached hydrogens (tertiary/aromatic N) is 3. The van der Waals surface area contributed by atoms with Gasteiger partial charge in [0.15, 0.2) is 5.78 Å². The first-order valence-electron chi connectivity index (χ1n) is 42.3. The van der Waals surface area contributed by atoms with Gasteiger partial charge in [-0.05, 0) is 135 Å². The minimum atomic E-state index is -0.487. The van der Waals surface area contributed by atoms with Crippen LogP contribution in [0.15, 0.2) is 109 Å². The minimum Gasteiger partial charge on any atom is -0.464 e. The van der Waals surface area contributed by atoms with Crippen molar-refractivity contribution < 1.29 is 72.8 Å². The topological polar surface area (TPSA) is 231 Å². The second kappa shape index (κ2) is 54.1. The summed E-state index contributed by atoms with van der Waals surface area (Å²) in [5.74, 6) is 0.00481. The highest BCUT2D eigenvalue weighted by atomic mass is 35.5. The van der Waals surface area contributed by atoms with E-state index in [0.717, 1.165) is 260 Å². The molecule has 4 unspecified atom stereocenters. The molecule has 3 aromatic carbocycles. The first kappa shape index (κ1) is 93.3. The summed E-state index contributed by atoms with van der Waals surface area (Å²) in [5, 5.41) is 42.0. The fourth-order valence-electron chi connectivity index (χ4n) is 16.0. The molecule has 4 N–H and O–H groups in total. The van der Waals surface area contributed by atoms with Gasteiger partial charge in [0.25, 0.3) is 0 Å². The SMILES string of the molecule is CCCCCC(=O)c1ccc([C@H]2C(O)C[C@@H](Cl)[C@@H]2C/C=C\CCCC(=O)OCCN2CCOCC2)cc1.CCCCCC(O)c1ccc([C@H]2C(=O)C[C@@H](Cl)[C@@H]2C/C=C\CCCC(=O)OCCN2CCOCC2)cc1.CCCCCC(O)c1ccc([C@H]2C(O)C[C@@H](Cl)[C@@H]2C/C=C\CCCC(=O)OCCN2CCOCC2)cc1. The number of aliphatic hydroxyl groups excluding tert-OH is 4. The minimum absolute atomic E-state index is 0.0140. The van der Waals surface area contributed by atoms with Crippen LogP contribution in [0.3, 0.4) is 0 Å². The van der Waals surface area contributed by atoms with E-state index >= 15 is 0 Å². The molecule has 3 aromatic rings. The number of halogens is 3. The number of Topliss-reactive ketones (excluding diaryl/α,β-unsaturated/α-hetero) is 2. The van der Waals surface area contributed by atoms with E-state index in [9.17, 15) is 44.4 Å². The number of unbranched alkanes of at least 4 members (excludes halogenated alkanes) is 9. The molecule has 620 valence electrons. The van der Waals surface area contributed by atoms with E-state index in [1.807, 2.05) is 72.8 Å². The fourth-order valence-corrected chi connectivity index (χ4v) is 17.3. The van der Waals surface area contributed by atoms with Crippen LogP contribution in [0, 0.1) is 17.8 Å². The molecule has 3 aliphatic carbocycles. The second-order valence-electron chi connectivity index (χ2n) is 31.0. The van der Waals surface area contributed by atoms with E-state index in [2.05, 4.69) is 71.9 Å². The van der Waals surface area contributed by atoms with Crippen LogP contribution in [0.1, 0.15) is 262 Å². The summed E-state index contributed by atoms with van der Waals surface area (Å²) in [7, 11) is 0. The van der Waals surface area contributed by atoms with Gasteiger partial charge in [0.2, 0.25) is 0 Å². The Morgan fingerprint density at radius 1 is 0.450 bits per heavy atom. The van der Waals surface area contributed by atoms with Crippen LogP contribution in [-0.4, -0.2) is 211 Å². The summed E-state index contributed by atoms with van der Waals surface area (Å²) in [4.78, 5) is 67.9. The molecule has 6 aliphatic rings. The third-order valence-electron chi connectivity index (χ3n) is 22.7. The van der Waals surface area contributed by atoms with E-state index in [4.69, 9.17) is 63.2 Å². The lowest BCUT2D eigenvalue weighted by Gasteiger charge is -2.26. The fraction of sp³-hybridized carbons (Fsp3) is 0.678. The third kappa shape index (κ3) is 34.1. The number of carbonyl (C=O) groups excluding carboxylic acids is 5. The number of rotatable bonds is 45. The van der Waals surface area contributed by atoms with Crippen molar-refractivity contribution >= 4 is 64.3 Å². The van der Waals surface area contributed by atoms with Gasteiger partial charge >= 0.3 is 17.9 Å². The van der Waals surface area contributed by atoms with Crippen molar-refractivity contribution in [2.75, 3.05) is 118 Å². The predicted molar refractivity (Wildman–Crippen MR) is 442 cm³/mol. The molecular weight excluding hydrogens is 1470 g/mol. The Balaban J connectivity index is 0.000000231. The molecule has 111 heavy (non-hydrogen) atoms. The lowest BCUT2D eigenvalue weighted by Crippen LogP contribution is -2.38. The number of morpholine rings is 3. The molecular formula is C90H134Cl3N3O15. The van der Waals surface area contributed by atoms with Gasteiger partial charge in [0.05, 0.1) is 64.1 Å². The van der Waals surface area contributed by atoms with Gasteiger partial charge in [-0.1, -0.05) is 181 Å². The van der Waals surface area contributed by atoms with Gasteiger partial charge < -0.3 is 48.8 Å². The van der Waals surface area contributed by atoms with Crippen LogP contribution in [0.2, 0.25) is 0 Å². The Labute approximate surface area is 679 Å². The standard InChI is InChI=1S/C30H46ClNO5.2C30H44ClNO5/c3*1-2-3-6-10-27(33)23-12-14-24(15-13-23)30-25(26(31)22-28(30)34)9-7-4-5-8-11-29(35)37-21-18-32-16-19-36-20-17-32/h4,7,12-15,25-28,30,33-34H,2-3,5-6,8-11,16-22H2,1H3;4,7,12-15,25-26,28,30,34H,2-3,5-6,8-11,16-22H2,1H3;4,7,12-15,25-27,30,33H,2-3,5-6,8-11,16-22H2,1H3/b3*7-4-/t25-,26+,27?,28?,30+;25-,26+,28?,30+;25-,26+,27?,30+/m000/s1. The molecule has 6 fully saturated rings. The molecule has 21 heteroatoms. The summed E-state index contributed by atoms with van der Waals surface area (Å²) in [6.07, 6.45) is 32.4. The summed E-state index contributed by atoms with van der Waals surface area (Å²) < 4.78 is 32.0. The highest BCUT2D eigenvalue weighted by molar-refractivity contribution is 6.23. The number of benzene rings is 3. The maximum atomic E-state index is 12.8. The zero-order valence-corrected chi connectivity index (χ0v) is 69.2. The largest absolute Gasteiger partial charge is 0.464 e. The summed E-state index contributed by atoms with van der Waals surface area (Å²) >= 11 is 19.9. The first-order chi connectivity index (χ1) is 54.0. The van der Waals surface area contributed by atoms with Gasteiger partial charge in [0, 0.05) is 130 Å². The molecule has 0 radical (unpaired) electrons. The average Bonchev–Trinajstić information content (AvgIpc) is 1.71. The summed E-state index contributed by atoms with van der Waals surface area (Å²) in [5.41, 5.74) is 5.69. The van der Waals surface area contributed by atoms with Crippen LogP contribution in [-0.2, 0) is 47.6 Å². The van der Waals surface area contributed by atoms with E-state index in [0.29, 0.717) is 64.8 Å². The van der Waals surface area contributed by atoms with Crippen molar-refractivity contribution in [2.45, 2.75) is 252 Å². The Morgan fingerprint density at radius 3 is 1.18 bits per heavy atom. The normalized spacial score (nSPS) is 24.5. The number of alkyl halides is 3. The Morgan fingerprint density at radius 2 is 0.802 bits per heavy atom. The molecule has 3 aliphatic heterocycles. The predicted octanol–water partition coefficient (Wildman–Crippen LogP) is 16.4. The van der Waals surface area contributed by atoms with E-state index in [-0.39, 0.29) is 81.1 Å². The number of ether oxygens (including phenoxy) is 6. The van der Waals surface area contributed by atoms with Crippen LogP contribution >= 0.6 is 34.8 Å². The molecule has 13 atom stereocenters. The maximum Gasteiger partial charge on any atom is 0.305 e. The van der Waals surface area contributed by atoms with Crippen LogP contribution in [0.4, 0.5) is 0 Å². The Hall–Kier alpha value is -4.90. The summed E-state index contributed by atoms with van der Waals surface area (Å²) in [6, 6.07) is 23.7. The van der Waals surface area contributed by atoms with Crippen molar-refractivity contribution in [3.63, 3.8) is 0 Å².